The lowest BCUT2D eigenvalue weighted by molar-refractivity contribution is -0.0321. The minimum absolute atomic E-state index is 0.0277. The van der Waals surface area contributed by atoms with Gasteiger partial charge in [-0.15, -0.1) is 11.3 Å². The fourth-order valence-corrected chi connectivity index (χ4v) is 4.94. The van der Waals surface area contributed by atoms with Crippen LogP contribution in [0.15, 0.2) is 72.1 Å². The molecule has 1 fully saturated rings. The highest BCUT2D eigenvalue weighted by molar-refractivity contribution is 7.10. The van der Waals surface area contributed by atoms with Crippen LogP contribution in [0.5, 0.6) is 5.75 Å². The van der Waals surface area contributed by atoms with Crippen molar-refractivity contribution in [1.29, 1.82) is 0 Å². The van der Waals surface area contributed by atoms with Crippen molar-refractivity contribution in [1.82, 2.24) is 4.90 Å². The monoisotopic (exact) mass is 436 g/mol. The number of para-hydroxylation sites is 2. The molecule has 3 aromatic rings. The fraction of sp³-hybridized carbons (Fsp3) is 0.385. The van der Waals surface area contributed by atoms with Crippen molar-refractivity contribution in [3.05, 3.63) is 82.6 Å². The number of anilines is 1. The summed E-state index contributed by atoms with van der Waals surface area (Å²) >= 11 is 1.77. The van der Waals surface area contributed by atoms with Crippen LogP contribution >= 0.6 is 11.3 Å². The number of nitrogen functional groups attached to an aromatic ring is 1. The fourth-order valence-electron chi connectivity index (χ4n) is 4.16. The second-order valence-corrected chi connectivity index (χ2v) is 9.18. The number of likely N-dealkylation sites (tertiary alicyclic amines) is 1. The number of piperidine rings is 1. The van der Waals surface area contributed by atoms with E-state index in [1.807, 2.05) is 24.3 Å². The Labute approximate surface area is 189 Å². The van der Waals surface area contributed by atoms with Gasteiger partial charge in [-0.3, -0.25) is 0 Å². The van der Waals surface area contributed by atoms with Gasteiger partial charge in [0.1, 0.15) is 11.9 Å². The van der Waals surface area contributed by atoms with E-state index in [9.17, 15) is 0 Å². The zero-order chi connectivity index (χ0) is 21.5. The highest BCUT2D eigenvalue weighted by Gasteiger charge is 2.27. The van der Waals surface area contributed by atoms with Gasteiger partial charge in [0.15, 0.2) is 0 Å². The molecule has 1 aromatic heterocycles. The summed E-state index contributed by atoms with van der Waals surface area (Å²) in [5.41, 5.74) is 7.90. The van der Waals surface area contributed by atoms with E-state index >= 15 is 0 Å². The summed E-state index contributed by atoms with van der Waals surface area (Å²) in [5, 5.41) is 2.13. The summed E-state index contributed by atoms with van der Waals surface area (Å²) in [6.45, 7) is 5.09. The number of rotatable bonds is 9. The first-order chi connectivity index (χ1) is 15.2. The molecule has 4 nitrogen and oxygen atoms in total. The summed E-state index contributed by atoms with van der Waals surface area (Å²) in [5.74, 6) is 0.780. The van der Waals surface area contributed by atoms with E-state index in [-0.39, 0.29) is 12.2 Å². The van der Waals surface area contributed by atoms with Crippen LogP contribution in [-0.2, 0) is 4.74 Å². The van der Waals surface area contributed by atoms with Gasteiger partial charge in [-0.1, -0.05) is 48.5 Å². The molecule has 1 saturated heterocycles. The standard InChI is InChI=1S/C26H32N2O2S/c1-20(15-18-29-24-11-6-5-10-23(24)27)28-16-13-22(14-17-28)30-26(25-12-7-19-31-25)21-8-3-2-4-9-21/h2-12,19-20,22,26H,13-18,27H2,1H3. The number of benzene rings is 2. The van der Waals surface area contributed by atoms with Gasteiger partial charge in [-0.25, -0.2) is 0 Å². The summed E-state index contributed by atoms with van der Waals surface area (Å²) in [6.07, 6.45) is 3.43. The summed E-state index contributed by atoms with van der Waals surface area (Å²) in [4.78, 5) is 3.83. The number of nitrogens with two attached hydrogens (primary N) is 1. The lowest BCUT2D eigenvalue weighted by Gasteiger charge is -2.37. The molecule has 1 aliphatic heterocycles. The second-order valence-electron chi connectivity index (χ2n) is 8.20. The Morgan fingerprint density at radius 3 is 2.45 bits per heavy atom. The van der Waals surface area contributed by atoms with E-state index in [1.165, 1.54) is 10.4 Å². The number of thiophene rings is 1. The molecule has 5 heteroatoms. The van der Waals surface area contributed by atoms with E-state index < -0.39 is 0 Å². The molecule has 0 saturated carbocycles. The molecule has 2 aromatic carbocycles. The highest BCUT2D eigenvalue weighted by atomic mass is 32.1. The average Bonchev–Trinajstić information content (AvgIpc) is 3.34. The maximum atomic E-state index is 6.65. The molecule has 0 aliphatic carbocycles. The Hall–Kier alpha value is -2.34. The maximum absolute atomic E-state index is 6.65. The number of ether oxygens (including phenoxy) is 2. The highest BCUT2D eigenvalue weighted by Crippen LogP contribution is 2.33. The van der Waals surface area contributed by atoms with Crippen molar-refractivity contribution in [3.8, 4) is 5.75 Å². The van der Waals surface area contributed by atoms with Crippen LogP contribution in [0.4, 0.5) is 5.69 Å². The van der Waals surface area contributed by atoms with Crippen LogP contribution in [0.25, 0.3) is 0 Å². The zero-order valence-electron chi connectivity index (χ0n) is 18.2. The molecule has 31 heavy (non-hydrogen) atoms. The Bertz CT molecular complexity index is 908. The molecule has 2 N–H and O–H groups in total. The Balaban J connectivity index is 1.26. The molecule has 4 rings (SSSR count). The normalized spacial score (nSPS) is 17.3. The third-order valence-electron chi connectivity index (χ3n) is 6.04. The van der Waals surface area contributed by atoms with Crippen LogP contribution in [0, 0.1) is 0 Å². The van der Waals surface area contributed by atoms with Crippen molar-refractivity contribution in [2.45, 2.75) is 44.4 Å². The number of nitrogens with zero attached hydrogens (tertiary/aromatic N) is 1. The molecule has 164 valence electrons. The molecule has 0 radical (unpaired) electrons. The lowest BCUT2D eigenvalue weighted by atomic mass is 10.0. The third kappa shape index (κ3) is 5.88. The molecule has 2 heterocycles. The van der Waals surface area contributed by atoms with Crippen molar-refractivity contribution < 1.29 is 9.47 Å². The smallest absolute Gasteiger partial charge is 0.142 e. The summed E-state index contributed by atoms with van der Waals surface area (Å²) in [6, 6.07) is 23.0. The Morgan fingerprint density at radius 2 is 1.74 bits per heavy atom. The van der Waals surface area contributed by atoms with Gasteiger partial charge in [0.25, 0.3) is 0 Å². The summed E-state index contributed by atoms with van der Waals surface area (Å²) in [7, 11) is 0. The van der Waals surface area contributed by atoms with Crippen molar-refractivity contribution in [3.63, 3.8) is 0 Å². The first-order valence-electron chi connectivity index (χ1n) is 11.2. The van der Waals surface area contributed by atoms with Crippen molar-refractivity contribution in [2.24, 2.45) is 0 Å². The lowest BCUT2D eigenvalue weighted by Crippen LogP contribution is -2.43. The molecular formula is C26H32N2O2S. The van der Waals surface area contributed by atoms with E-state index in [4.69, 9.17) is 15.2 Å². The number of hydrogen-bond acceptors (Lipinski definition) is 5. The minimum atomic E-state index is 0.0277. The SMILES string of the molecule is CC(CCOc1ccccc1N)N1CCC(OC(c2ccccc2)c2cccs2)CC1. The molecular weight excluding hydrogens is 404 g/mol. The van der Waals surface area contributed by atoms with E-state index in [0.29, 0.717) is 18.3 Å². The van der Waals surface area contributed by atoms with Crippen LogP contribution < -0.4 is 10.5 Å². The average molecular weight is 437 g/mol. The van der Waals surface area contributed by atoms with Gasteiger partial charge < -0.3 is 20.1 Å². The first-order valence-corrected chi connectivity index (χ1v) is 12.0. The van der Waals surface area contributed by atoms with E-state index in [2.05, 4.69) is 59.7 Å². The van der Waals surface area contributed by atoms with Crippen LogP contribution in [0.2, 0.25) is 0 Å². The quantitative estimate of drug-likeness (QED) is 0.433. The van der Waals surface area contributed by atoms with Gasteiger partial charge in [-0.2, -0.15) is 0 Å². The van der Waals surface area contributed by atoms with Crippen LogP contribution in [0.1, 0.15) is 42.7 Å². The molecule has 0 bridgehead atoms. The molecule has 2 unspecified atom stereocenters. The predicted molar refractivity (Wildman–Crippen MR) is 129 cm³/mol. The van der Waals surface area contributed by atoms with Crippen LogP contribution in [-0.4, -0.2) is 36.7 Å². The Kier molecular flexibility index (Phi) is 7.62. The van der Waals surface area contributed by atoms with Gasteiger partial charge in [0.05, 0.1) is 18.4 Å². The van der Waals surface area contributed by atoms with Gasteiger partial charge in [0, 0.05) is 24.0 Å². The number of hydrogen-bond donors (Lipinski definition) is 1. The van der Waals surface area contributed by atoms with Gasteiger partial charge >= 0.3 is 0 Å². The van der Waals surface area contributed by atoms with E-state index in [1.54, 1.807) is 11.3 Å². The largest absolute Gasteiger partial charge is 0.491 e. The minimum Gasteiger partial charge on any atom is -0.491 e. The predicted octanol–water partition coefficient (Wildman–Crippen LogP) is 5.76. The van der Waals surface area contributed by atoms with Gasteiger partial charge in [0.2, 0.25) is 0 Å². The van der Waals surface area contributed by atoms with Crippen LogP contribution in [0.3, 0.4) is 0 Å². The second kappa shape index (κ2) is 10.8. The van der Waals surface area contributed by atoms with Crippen molar-refractivity contribution >= 4 is 17.0 Å². The summed E-state index contributed by atoms with van der Waals surface area (Å²) < 4.78 is 12.5. The Morgan fingerprint density at radius 1 is 1.00 bits per heavy atom. The molecule has 1 aliphatic rings. The molecule has 2 atom stereocenters. The third-order valence-corrected chi connectivity index (χ3v) is 6.96. The maximum Gasteiger partial charge on any atom is 0.142 e. The molecule has 0 spiro atoms. The first kappa shape index (κ1) is 21.9. The van der Waals surface area contributed by atoms with E-state index in [0.717, 1.165) is 38.1 Å². The zero-order valence-corrected chi connectivity index (χ0v) is 19.0. The molecule has 0 amide bonds. The van der Waals surface area contributed by atoms with Gasteiger partial charge in [-0.05, 0) is 55.3 Å². The van der Waals surface area contributed by atoms with Crippen molar-refractivity contribution in [2.75, 3.05) is 25.4 Å². The topological polar surface area (TPSA) is 47.7 Å².